The molecule has 0 spiro atoms. The van der Waals surface area contributed by atoms with E-state index in [1.165, 1.54) is 0 Å². The van der Waals surface area contributed by atoms with Crippen LogP contribution in [-0.4, -0.2) is 32.8 Å². The highest BCUT2D eigenvalue weighted by atomic mass is 19.4. The van der Waals surface area contributed by atoms with Gasteiger partial charge in [-0.05, 0) is 37.1 Å². The second-order valence-corrected chi connectivity index (χ2v) is 5.98. The molecule has 2 aromatic heterocycles. The SMILES string of the molecule is CNC(=O)c1ccc(CNc2nn3c(C(F)(F)F)nnc3c(C)c2C)cc1. The molecule has 2 heterocycles. The molecule has 0 bridgehead atoms. The first kappa shape index (κ1) is 18.6. The van der Waals surface area contributed by atoms with E-state index in [2.05, 4.69) is 25.9 Å². The van der Waals surface area contributed by atoms with Crippen molar-refractivity contribution in [1.82, 2.24) is 25.1 Å². The average molecular weight is 378 g/mol. The monoisotopic (exact) mass is 378 g/mol. The van der Waals surface area contributed by atoms with Gasteiger partial charge in [0.2, 0.25) is 0 Å². The van der Waals surface area contributed by atoms with E-state index in [1.54, 1.807) is 45.2 Å². The third-order valence-corrected chi connectivity index (χ3v) is 4.25. The maximum atomic E-state index is 13.1. The zero-order valence-electron chi connectivity index (χ0n) is 14.8. The molecule has 0 aliphatic rings. The highest BCUT2D eigenvalue weighted by Crippen LogP contribution is 2.29. The minimum absolute atomic E-state index is 0.0697. The van der Waals surface area contributed by atoms with E-state index in [0.29, 0.717) is 33.6 Å². The van der Waals surface area contributed by atoms with Crippen molar-refractivity contribution in [2.75, 3.05) is 12.4 Å². The van der Waals surface area contributed by atoms with Crippen LogP contribution in [0.1, 0.15) is 32.9 Å². The summed E-state index contributed by atoms with van der Waals surface area (Å²) in [5, 5.41) is 16.4. The zero-order valence-corrected chi connectivity index (χ0v) is 14.8. The second kappa shape index (κ2) is 6.86. The molecule has 142 valence electrons. The minimum Gasteiger partial charge on any atom is -0.364 e. The molecule has 0 aliphatic heterocycles. The van der Waals surface area contributed by atoms with Crippen molar-refractivity contribution in [2.24, 2.45) is 0 Å². The number of amides is 1. The Morgan fingerprint density at radius 2 is 1.78 bits per heavy atom. The summed E-state index contributed by atoms with van der Waals surface area (Å²) < 4.78 is 40.0. The van der Waals surface area contributed by atoms with Gasteiger partial charge in [-0.15, -0.1) is 15.3 Å². The first-order valence-electron chi connectivity index (χ1n) is 8.07. The predicted octanol–water partition coefficient (Wildman–Crippen LogP) is 2.73. The first-order valence-corrected chi connectivity index (χ1v) is 8.07. The van der Waals surface area contributed by atoms with Gasteiger partial charge in [0, 0.05) is 24.7 Å². The Bertz CT molecular complexity index is 995. The molecular weight excluding hydrogens is 361 g/mol. The van der Waals surface area contributed by atoms with Crippen LogP contribution in [-0.2, 0) is 12.7 Å². The molecule has 3 rings (SSSR count). The van der Waals surface area contributed by atoms with E-state index < -0.39 is 12.0 Å². The highest BCUT2D eigenvalue weighted by Gasteiger charge is 2.38. The number of aryl methyl sites for hydroxylation is 1. The number of nitrogens with one attached hydrogen (secondary N) is 2. The van der Waals surface area contributed by atoms with Crippen LogP contribution in [0.15, 0.2) is 24.3 Å². The maximum Gasteiger partial charge on any atom is 0.453 e. The Balaban J connectivity index is 1.88. The van der Waals surface area contributed by atoms with Crippen molar-refractivity contribution < 1.29 is 18.0 Å². The van der Waals surface area contributed by atoms with Gasteiger partial charge in [0.1, 0.15) is 0 Å². The summed E-state index contributed by atoms with van der Waals surface area (Å²) in [5.41, 5.74) is 2.69. The standard InChI is InChI=1S/C17H17F3N6O/c1-9-10(2)14-23-24-16(17(18,19)20)26(14)25-13(9)22-8-11-4-6-12(7-5-11)15(27)21-3/h4-7H,8H2,1-3H3,(H,21,27)(H,22,25). The van der Waals surface area contributed by atoms with Gasteiger partial charge in [-0.3, -0.25) is 4.79 Å². The number of rotatable bonds is 4. The lowest BCUT2D eigenvalue weighted by Gasteiger charge is -2.13. The Morgan fingerprint density at radius 1 is 1.11 bits per heavy atom. The van der Waals surface area contributed by atoms with Crippen LogP contribution in [0.5, 0.6) is 0 Å². The van der Waals surface area contributed by atoms with Gasteiger partial charge in [-0.25, -0.2) is 0 Å². The van der Waals surface area contributed by atoms with Gasteiger partial charge in [-0.2, -0.15) is 17.7 Å². The summed E-state index contributed by atoms with van der Waals surface area (Å²) >= 11 is 0. The van der Waals surface area contributed by atoms with Gasteiger partial charge in [0.25, 0.3) is 11.7 Å². The lowest BCUT2D eigenvalue weighted by molar-refractivity contribution is -0.146. The molecule has 0 radical (unpaired) electrons. The van der Waals surface area contributed by atoms with Crippen molar-refractivity contribution in [3.8, 4) is 0 Å². The fraction of sp³-hybridized carbons (Fsp3) is 0.294. The van der Waals surface area contributed by atoms with E-state index in [-0.39, 0.29) is 11.6 Å². The number of halogens is 3. The molecule has 0 atom stereocenters. The lowest BCUT2D eigenvalue weighted by atomic mass is 10.1. The molecule has 0 fully saturated rings. The van der Waals surface area contributed by atoms with Crippen LogP contribution < -0.4 is 10.6 Å². The van der Waals surface area contributed by atoms with Gasteiger partial charge in [0.15, 0.2) is 11.5 Å². The number of carbonyl (C=O) groups excluding carboxylic acids is 1. The second-order valence-electron chi connectivity index (χ2n) is 5.98. The number of hydrogen-bond acceptors (Lipinski definition) is 5. The van der Waals surface area contributed by atoms with Crippen molar-refractivity contribution in [1.29, 1.82) is 0 Å². The molecule has 2 N–H and O–H groups in total. The molecule has 0 aliphatic carbocycles. The number of nitrogens with zero attached hydrogens (tertiary/aromatic N) is 4. The Hall–Kier alpha value is -3.17. The van der Waals surface area contributed by atoms with E-state index >= 15 is 0 Å². The number of anilines is 1. The molecule has 7 nitrogen and oxygen atoms in total. The average Bonchev–Trinajstić information content (AvgIpc) is 3.07. The van der Waals surface area contributed by atoms with Gasteiger partial charge < -0.3 is 10.6 Å². The number of benzene rings is 1. The smallest absolute Gasteiger partial charge is 0.364 e. The molecule has 1 amide bonds. The predicted molar refractivity (Wildman–Crippen MR) is 92.4 cm³/mol. The van der Waals surface area contributed by atoms with Crippen molar-refractivity contribution in [3.05, 3.63) is 52.3 Å². The third kappa shape index (κ3) is 3.55. The Morgan fingerprint density at radius 3 is 2.37 bits per heavy atom. The molecule has 0 saturated heterocycles. The fourth-order valence-electron chi connectivity index (χ4n) is 2.58. The number of hydrogen-bond donors (Lipinski definition) is 2. The molecule has 0 unspecified atom stereocenters. The van der Waals surface area contributed by atoms with Crippen LogP contribution >= 0.6 is 0 Å². The van der Waals surface area contributed by atoms with Crippen LogP contribution in [0.4, 0.5) is 19.0 Å². The van der Waals surface area contributed by atoms with E-state index in [9.17, 15) is 18.0 Å². The number of alkyl halides is 3. The summed E-state index contributed by atoms with van der Waals surface area (Å²) in [6.45, 7) is 3.75. The fourth-order valence-corrected chi connectivity index (χ4v) is 2.58. The third-order valence-electron chi connectivity index (χ3n) is 4.25. The summed E-state index contributed by atoms with van der Waals surface area (Å²) in [5.74, 6) is -1.06. The maximum absolute atomic E-state index is 13.1. The van der Waals surface area contributed by atoms with Crippen LogP contribution in [0.25, 0.3) is 5.65 Å². The summed E-state index contributed by atoms with van der Waals surface area (Å²) in [7, 11) is 1.55. The van der Waals surface area contributed by atoms with Gasteiger partial charge >= 0.3 is 6.18 Å². The zero-order chi connectivity index (χ0) is 19.8. The number of carbonyl (C=O) groups is 1. The molecule has 1 aromatic carbocycles. The molecule has 0 saturated carbocycles. The van der Waals surface area contributed by atoms with Gasteiger partial charge in [-0.1, -0.05) is 12.1 Å². The first-order chi connectivity index (χ1) is 12.7. The quantitative estimate of drug-likeness (QED) is 0.729. The van der Waals surface area contributed by atoms with E-state index in [4.69, 9.17) is 0 Å². The van der Waals surface area contributed by atoms with Crippen LogP contribution in [0, 0.1) is 13.8 Å². The lowest BCUT2D eigenvalue weighted by Crippen LogP contribution is -2.17. The Kier molecular flexibility index (Phi) is 4.73. The number of aromatic nitrogens is 4. The van der Waals surface area contributed by atoms with Gasteiger partial charge in [0.05, 0.1) is 0 Å². The Labute approximate surface area is 152 Å². The molecular formula is C17H17F3N6O. The summed E-state index contributed by atoms with van der Waals surface area (Å²) in [6, 6.07) is 6.87. The molecule has 3 aromatic rings. The normalized spacial score (nSPS) is 11.6. The number of fused-ring (bicyclic) bond motifs is 1. The summed E-state index contributed by atoms with van der Waals surface area (Å²) in [6.07, 6.45) is -4.65. The highest BCUT2D eigenvalue weighted by molar-refractivity contribution is 5.93. The van der Waals surface area contributed by atoms with Crippen LogP contribution in [0.2, 0.25) is 0 Å². The molecule has 27 heavy (non-hydrogen) atoms. The van der Waals surface area contributed by atoms with Crippen molar-refractivity contribution >= 4 is 17.4 Å². The van der Waals surface area contributed by atoms with Crippen molar-refractivity contribution in [2.45, 2.75) is 26.6 Å². The van der Waals surface area contributed by atoms with E-state index in [0.717, 1.165) is 5.56 Å². The topological polar surface area (TPSA) is 84.2 Å². The summed E-state index contributed by atoms with van der Waals surface area (Å²) in [4.78, 5) is 11.6. The van der Waals surface area contributed by atoms with E-state index in [1.807, 2.05) is 0 Å². The minimum atomic E-state index is -4.65. The molecule has 10 heteroatoms. The van der Waals surface area contributed by atoms with Crippen LogP contribution in [0.3, 0.4) is 0 Å². The van der Waals surface area contributed by atoms with Crippen molar-refractivity contribution in [3.63, 3.8) is 0 Å². The largest absolute Gasteiger partial charge is 0.453 e.